The molecule has 1 heteroatoms. The second-order valence-electron chi connectivity index (χ2n) is 2.57. The standard InChI is InChI=1S/C10H17N/c1-5-7-10(6-2)9(3)8-11-4/h5-7,9,11H,1-2,8H2,3-4H3/b10-7+/t9-/m1/s1. The van der Waals surface area contributed by atoms with Crippen molar-refractivity contribution in [3.63, 3.8) is 0 Å². The van der Waals surface area contributed by atoms with Crippen molar-refractivity contribution < 1.29 is 0 Å². The summed E-state index contributed by atoms with van der Waals surface area (Å²) in [5.74, 6) is 0.510. The van der Waals surface area contributed by atoms with Gasteiger partial charge in [0, 0.05) is 6.54 Å². The van der Waals surface area contributed by atoms with Crippen LogP contribution in [0.5, 0.6) is 0 Å². The molecule has 0 aromatic rings. The molecule has 1 atom stereocenters. The predicted molar refractivity (Wildman–Crippen MR) is 51.6 cm³/mol. The molecule has 0 aliphatic carbocycles. The van der Waals surface area contributed by atoms with Gasteiger partial charge in [-0.25, -0.2) is 0 Å². The van der Waals surface area contributed by atoms with Crippen LogP contribution in [0.3, 0.4) is 0 Å². The molecule has 11 heavy (non-hydrogen) atoms. The van der Waals surface area contributed by atoms with Gasteiger partial charge in [-0.3, -0.25) is 0 Å². The largest absolute Gasteiger partial charge is 0.319 e. The van der Waals surface area contributed by atoms with Crippen molar-refractivity contribution in [3.05, 3.63) is 37.0 Å². The van der Waals surface area contributed by atoms with Crippen LogP contribution < -0.4 is 5.32 Å². The minimum absolute atomic E-state index is 0.510. The Labute approximate surface area is 69.5 Å². The van der Waals surface area contributed by atoms with Gasteiger partial charge in [-0.05, 0) is 18.5 Å². The third-order valence-corrected chi connectivity index (χ3v) is 1.63. The Morgan fingerprint density at radius 3 is 2.55 bits per heavy atom. The summed E-state index contributed by atoms with van der Waals surface area (Å²) in [5, 5.41) is 3.12. The Balaban J connectivity index is 4.12. The average molecular weight is 151 g/mol. The monoisotopic (exact) mass is 151 g/mol. The van der Waals surface area contributed by atoms with Crippen LogP contribution in [0.1, 0.15) is 6.92 Å². The molecule has 1 N–H and O–H groups in total. The van der Waals surface area contributed by atoms with E-state index in [1.54, 1.807) is 6.08 Å². The fourth-order valence-corrected chi connectivity index (χ4v) is 0.994. The predicted octanol–water partition coefficient (Wildman–Crippen LogP) is 2.14. The van der Waals surface area contributed by atoms with Gasteiger partial charge in [-0.15, -0.1) is 0 Å². The van der Waals surface area contributed by atoms with Crippen LogP contribution in [0.2, 0.25) is 0 Å². The first-order valence-electron chi connectivity index (χ1n) is 3.86. The lowest BCUT2D eigenvalue weighted by molar-refractivity contribution is 0.630. The summed E-state index contributed by atoms with van der Waals surface area (Å²) in [6.07, 6.45) is 5.67. The van der Waals surface area contributed by atoms with Crippen LogP contribution in [-0.2, 0) is 0 Å². The molecule has 0 aliphatic rings. The van der Waals surface area contributed by atoms with Crippen LogP contribution in [0.15, 0.2) is 37.0 Å². The molecule has 0 saturated carbocycles. The van der Waals surface area contributed by atoms with Gasteiger partial charge in [0.05, 0.1) is 0 Å². The molecule has 0 bridgehead atoms. The lowest BCUT2D eigenvalue weighted by atomic mass is 10.0. The van der Waals surface area contributed by atoms with Gasteiger partial charge < -0.3 is 5.32 Å². The summed E-state index contributed by atoms with van der Waals surface area (Å²) in [7, 11) is 1.95. The Hall–Kier alpha value is -0.820. The van der Waals surface area contributed by atoms with Crippen molar-refractivity contribution in [3.8, 4) is 0 Å². The molecule has 0 amide bonds. The van der Waals surface area contributed by atoms with Crippen LogP contribution >= 0.6 is 0 Å². The Bertz CT molecular complexity index is 156. The van der Waals surface area contributed by atoms with Gasteiger partial charge in [0.25, 0.3) is 0 Å². The highest BCUT2D eigenvalue weighted by molar-refractivity contribution is 5.23. The zero-order chi connectivity index (χ0) is 8.69. The molecule has 0 rings (SSSR count). The molecule has 0 aromatic carbocycles. The third kappa shape index (κ3) is 3.79. The third-order valence-electron chi connectivity index (χ3n) is 1.63. The summed E-state index contributed by atoms with van der Waals surface area (Å²) in [6.45, 7) is 10.5. The van der Waals surface area contributed by atoms with E-state index in [1.807, 2.05) is 19.2 Å². The number of rotatable bonds is 5. The van der Waals surface area contributed by atoms with Crippen molar-refractivity contribution in [1.82, 2.24) is 5.32 Å². The van der Waals surface area contributed by atoms with E-state index in [0.29, 0.717) is 5.92 Å². The fraction of sp³-hybridized carbons (Fsp3) is 0.400. The van der Waals surface area contributed by atoms with Gasteiger partial charge in [0.2, 0.25) is 0 Å². The quantitative estimate of drug-likeness (QED) is 0.594. The molecule has 0 saturated heterocycles. The lowest BCUT2D eigenvalue weighted by Crippen LogP contribution is -2.17. The molecule has 62 valence electrons. The maximum atomic E-state index is 3.74. The zero-order valence-corrected chi connectivity index (χ0v) is 7.43. The van der Waals surface area contributed by atoms with Crippen molar-refractivity contribution in [2.45, 2.75) is 6.92 Å². The van der Waals surface area contributed by atoms with Crippen LogP contribution in [0, 0.1) is 5.92 Å². The van der Waals surface area contributed by atoms with E-state index in [-0.39, 0.29) is 0 Å². The zero-order valence-electron chi connectivity index (χ0n) is 7.43. The van der Waals surface area contributed by atoms with Gasteiger partial charge in [-0.2, -0.15) is 0 Å². The van der Waals surface area contributed by atoms with E-state index in [0.717, 1.165) is 6.54 Å². The molecule has 0 heterocycles. The van der Waals surface area contributed by atoms with Gasteiger partial charge in [-0.1, -0.05) is 38.3 Å². The summed E-state index contributed by atoms with van der Waals surface area (Å²) in [4.78, 5) is 0. The summed E-state index contributed by atoms with van der Waals surface area (Å²) >= 11 is 0. The molecule has 0 spiro atoms. The second-order valence-corrected chi connectivity index (χ2v) is 2.57. The molecular weight excluding hydrogens is 134 g/mol. The molecule has 0 fully saturated rings. The van der Waals surface area contributed by atoms with E-state index in [2.05, 4.69) is 25.4 Å². The van der Waals surface area contributed by atoms with Gasteiger partial charge >= 0.3 is 0 Å². The molecule has 0 aromatic heterocycles. The molecule has 1 nitrogen and oxygen atoms in total. The van der Waals surface area contributed by atoms with Gasteiger partial charge in [0.1, 0.15) is 0 Å². The number of hydrogen-bond donors (Lipinski definition) is 1. The summed E-state index contributed by atoms with van der Waals surface area (Å²) in [6, 6.07) is 0. The molecule has 0 unspecified atom stereocenters. The topological polar surface area (TPSA) is 12.0 Å². The lowest BCUT2D eigenvalue weighted by Gasteiger charge is -2.10. The van der Waals surface area contributed by atoms with Crippen LogP contribution in [0.25, 0.3) is 0 Å². The molecule has 0 radical (unpaired) electrons. The first-order valence-corrected chi connectivity index (χ1v) is 3.86. The van der Waals surface area contributed by atoms with Crippen molar-refractivity contribution in [2.24, 2.45) is 5.92 Å². The van der Waals surface area contributed by atoms with Crippen LogP contribution in [-0.4, -0.2) is 13.6 Å². The first kappa shape index (κ1) is 10.2. The minimum Gasteiger partial charge on any atom is -0.319 e. The number of allylic oxidation sites excluding steroid dienone is 3. The van der Waals surface area contributed by atoms with E-state index < -0.39 is 0 Å². The molecular formula is C10H17N. The van der Waals surface area contributed by atoms with Crippen molar-refractivity contribution in [1.29, 1.82) is 0 Å². The normalized spacial score (nSPS) is 14.2. The SMILES string of the molecule is C=C/C=C(\C=C)[C@H](C)CNC. The van der Waals surface area contributed by atoms with Gasteiger partial charge in [0.15, 0.2) is 0 Å². The molecule has 0 aliphatic heterocycles. The highest BCUT2D eigenvalue weighted by atomic mass is 14.8. The van der Waals surface area contributed by atoms with Crippen molar-refractivity contribution >= 4 is 0 Å². The maximum Gasteiger partial charge on any atom is 0.00144 e. The minimum atomic E-state index is 0.510. The van der Waals surface area contributed by atoms with Crippen molar-refractivity contribution in [2.75, 3.05) is 13.6 Å². The average Bonchev–Trinajstić information content (AvgIpc) is 2.00. The van der Waals surface area contributed by atoms with E-state index in [4.69, 9.17) is 0 Å². The summed E-state index contributed by atoms with van der Waals surface area (Å²) in [5.41, 5.74) is 1.23. The first-order chi connectivity index (χ1) is 5.26. The number of nitrogens with one attached hydrogen (secondary N) is 1. The highest BCUT2D eigenvalue weighted by Gasteiger charge is 2.01. The van der Waals surface area contributed by atoms with E-state index in [9.17, 15) is 0 Å². The second kappa shape index (κ2) is 5.93. The maximum absolute atomic E-state index is 3.74. The Kier molecular flexibility index (Phi) is 5.49. The van der Waals surface area contributed by atoms with Crippen LogP contribution in [0.4, 0.5) is 0 Å². The van der Waals surface area contributed by atoms with E-state index >= 15 is 0 Å². The van der Waals surface area contributed by atoms with E-state index in [1.165, 1.54) is 5.57 Å². The number of hydrogen-bond acceptors (Lipinski definition) is 1. The fourth-order valence-electron chi connectivity index (χ4n) is 0.994. The Morgan fingerprint density at radius 2 is 2.18 bits per heavy atom. The summed E-state index contributed by atoms with van der Waals surface area (Å²) < 4.78 is 0. The highest BCUT2D eigenvalue weighted by Crippen LogP contribution is 2.09. The Morgan fingerprint density at radius 1 is 1.55 bits per heavy atom. The smallest absolute Gasteiger partial charge is 0.00144 e.